The maximum atomic E-state index is 11.0. The van der Waals surface area contributed by atoms with Gasteiger partial charge in [-0.2, -0.15) is 5.10 Å². The van der Waals surface area contributed by atoms with E-state index < -0.39 is 9.84 Å². The Kier molecular flexibility index (Phi) is 4.26. The number of aryl methyl sites for hydroxylation is 1. The van der Waals surface area contributed by atoms with Crippen LogP contribution in [0.2, 0.25) is 0 Å². The van der Waals surface area contributed by atoms with Gasteiger partial charge in [-0.1, -0.05) is 0 Å². The molecule has 0 saturated heterocycles. The highest BCUT2D eigenvalue weighted by Gasteiger charge is 2.10. The molecule has 1 heterocycles. The van der Waals surface area contributed by atoms with E-state index in [4.69, 9.17) is 0 Å². The molecular weight excluding hydrogens is 240 g/mol. The molecule has 1 rings (SSSR count). The summed E-state index contributed by atoms with van der Waals surface area (Å²) in [7, 11) is -2.95. The average molecular weight is 260 g/mol. The summed E-state index contributed by atoms with van der Waals surface area (Å²) < 4.78 is 23.5. The highest BCUT2D eigenvalue weighted by atomic mass is 32.2. The molecule has 1 aromatic heterocycles. The first-order valence-corrected chi connectivity index (χ1v) is 7.53. The zero-order valence-electron chi connectivity index (χ0n) is 10.8. The largest absolute Gasteiger partial charge is 0.305 e. The summed E-state index contributed by atoms with van der Waals surface area (Å²) in [5, 5.41) is 7.46. The summed E-state index contributed by atoms with van der Waals surface area (Å²) >= 11 is 0. The molecule has 0 fully saturated rings. The Morgan fingerprint density at radius 1 is 1.41 bits per heavy atom. The fourth-order valence-corrected chi connectivity index (χ4v) is 1.64. The van der Waals surface area contributed by atoms with Gasteiger partial charge in [-0.25, -0.2) is 13.4 Å². The summed E-state index contributed by atoms with van der Waals surface area (Å²) in [6, 6.07) is 0. The Bertz CT molecular complexity index is 459. The van der Waals surface area contributed by atoms with E-state index in [0.29, 0.717) is 18.9 Å². The third kappa shape index (κ3) is 6.38. The minimum atomic E-state index is -2.95. The Morgan fingerprint density at radius 3 is 2.59 bits per heavy atom. The van der Waals surface area contributed by atoms with Crippen LogP contribution < -0.4 is 5.32 Å². The van der Waals surface area contributed by atoms with E-state index in [0.717, 1.165) is 0 Å². The molecule has 1 aromatic rings. The van der Waals surface area contributed by atoms with Crippen LogP contribution in [0.25, 0.3) is 0 Å². The molecule has 0 saturated carbocycles. The first-order chi connectivity index (χ1) is 7.66. The summed E-state index contributed by atoms with van der Waals surface area (Å²) in [6.07, 6.45) is 2.77. The van der Waals surface area contributed by atoms with E-state index >= 15 is 0 Å². The maximum absolute atomic E-state index is 11.0. The second kappa shape index (κ2) is 5.14. The highest BCUT2D eigenvalue weighted by Crippen LogP contribution is 2.00. The van der Waals surface area contributed by atoms with E-state index in [-0.39, 0.29) is 11.3 Å². The predicted molar refractivity (Wildman–Crippen MR) is 66.3 cm³/mol. The van der Waals surface area contributed by atoms with Crippen molar-refractivity contribution in [2.75, 3.05) is 12.0 Å². The van der Waals surface area contributed by atoms with Crippen LogP contribution in [0.5, 0.6) is 0 Å². The Hall–Kier alpha value is -0.950. The van der Waals surface area contributed by atoms with Gasteiger partial charge >= 0.3 is 0 Å². The van der Waals surface area contributed by atoms with Gasteiger partial charge in [-0.15, -0.1) is 0 Å². The van der Waals surface area contributed by atoms with Crippen molar-refractivity contribution in [3.63, 3.8) is 0 Å². The van der Waals surface area contributed by atoms with Gasteiger partial charge in [0.15, 0.2) is 5.82 Å². The van der Waals surface area contributed by atoms with E-state index in [1.165, 1.54) is 6.26 Å². The molecule has 0 aliphatic rings. The van der Waals surface area contributed by atoms with Crippen LogP contribution in [0.3, 0.4) is 0 Å². The molecule has 1 N–H and O–H groups in total. The van der Waals surface area contributed by atoms with Crippen molar-refractivity contribution < 1.29 is 8.42 Å². The zero-order chi connectivity index (χ0) is 13.1. The highest BCUT2D eigenvalue weighted by molar-refractivity contribution is 7.90. The summed E-state index contributed by atoms with van der Waals surface area (Å²) in [6.45, 7) is 7.12. The molecular formula is C10H20N4O2S. The van der Waals surface area contributed by atoms with Gasteiger partial charge in [-0.3, -0.25) is 4.68 Å². The van der Waals surface area contributed by atoms with Crippen molar-refractivity contribution in [3.05, 3.63) is 12.2 Å². The lowest BCUT2D eigenvalue weighted by molar-refractivity contribution is 0.416. The molecule has 0 amide bonds. The lowest BCUT2D eigenvalue weighted by Gasteiger charge is -2.19. The van der Waals surface area contributed by atoms with E-state index in [9.17, 15) is 8.42 Å². The van der Waals surface area contributed by atoms with Crippen molar-refractivity contribution in [1.82, 2.24) is 20.1 Å². The van der Waals surface area contributed by atoms with Crippen LogP contribution in [-0.4, -0.2) is 40.7 Å². The van der Waals surface area contributed by atoms with Crippen molar-refractivity contribution in [1.29, 1.82) is 0 Å². The topological polar surface area (TPSA) is 76.9 Å². The molecule has 0 spiro atoms. The van der Waals surface area contributed by atoms with Crippen molar-refractivity contribution >= 4 is 9.84 Å². The van der Waals surface area contributed by atoms with Crippen LogP contribution in [0.1, 0.15) is 26.6 Å². The third-order valence-electron chi connectivity index (χ3n) is 2.05. The molecule has 98 valence electrons. The second-order valence-corrected chi connectivity index (χ2v) is 7.42. The molecule has 0 aromatic carbocycles. The molecule has 0 aliphatic carbocycles. The predicted octanol–water partition coefficient (Wildman–Crippen LogP) is 0.211. The third-order valence-corrected chi connectivity index (χ3v) is 2.98. The molecule has 17 heavy (non-hydrogen) atoms. The fourth-order valence-electron chi connectivity index (χ4n) is 1.13. The first kappa shape index (κ1) is 14.1. The second-order valence-electron chi connectivity index (χ2n) is 5.16. The van der Waals surface area contributed by atoms with E-state index in [2.05, 4.69) is 36.2 Å². The first-order valence-electron chi connectivity index (χ1n) is 5.47. The van der Waals surface area contributed by atoms with Crippen LogP contribution >= 0.6 is 0 Å². The molecule has 0 bridgehead atoms. The van der Waals surface area contributed by atoms with Crippen LogP contribution in [-0.2, 0) is 22.9 Å². The van der Waals surface area contributed by atoms with Gasteiger partial charge in [0.05, 0.1) is 18.8 Å². The van der Waals surface area contributed by atoms with E-state index in [1.54, 1.807) is 11.0 Å². The summed E-state index contributed by atoms with van der Waals surface area (Å²) in [4.78, 5) is 4.11. The maximum Gasteiger partial charge on any atom is 0.164 e. The average Bonchev–Trinajstić information content (AvgIpc) is 2.57. The number of nitrogens with one attached hydrogen (secondary N) is 1. The summed E-state index contributed by atoms with van der Waals surface area (Å²) in [5.41, 5.74) is 0.0121. The lowest BCUT2D eigenvalue weighted by atomic mass is 10.1. The van der Waals surface area contributed by atoms with E-state index in [1.807, 2.05) is 0 Å². The summed E-state index contributed by atoms with van der Waals surface area (Å²) in [5.74, 6) is 0.760. The normalized spacial score (nSPS) is 12.9. The lowest BCUT2D eigenvalue weighted by Crippen LogP contribution is -2.35. The standard InChI is InChI=1S/C10H20N4O2S/c1-10(2,3)12-7-9-11-8-14(13-9)5-6-17(4,15)16/h8,12H,5-7H2,1-4H3. The molecule has 0 aliphatic heterocycles. The van der Waals surface area contributed by atoms with Crippen molar-refractivity contribution in [2.24, 2.45) is 0 Å². The van der Waals surface area contributed by atoms with Gasteiger partial charge in [0.2, 0.25) is 0 Å². The minimum absolute atomic E-state index is 0.0121. The van der Waals surface area contributed by atoms with Crippen LogP contribution in [0, 0.1) is 0 Å². The van der Waals surface area contributed by atoms with Gasteiger partial charge in [0.1, 0.15) is 16.2 Å². The van der Waals surface area contributed by atoms with Gasteiger partial charge in [-0.05, 0) is 20.8 Å². The minimum Gasteiger partial charge on any atom is -0.305 e. The quantitative estimate of drug-likeness (QED) is 0.819. The number of sulfone groups is 1. The number of rotatable bonds is 5. The number of hydrogen-bond donors (Lipinski definition) is 1. The van der Waals surface area contributed by atoms with Crippen molar-refractivity contribution in [2.45, 2.75) is 39.4 Å². The molecule has 0 radical (unpaired) electrons. The van der Waals surface area contributed by atoms with Gasteiger partial charge in [0, 0.05) is 11.8 Å². The fraction of sp³-hybridized carbons (Fsp3) is 0.800. The molecule has 7 heteroatoms. The monoisotopic (exact) mass is 260 g/mol. The Balaban J connectivity index is 2.48. The number of hydrogen-bond acceptors (Lipinski definition) is 5. The Labute approximate surface area is 102 Å². The van der Waals surface area contributed by atoms with Gasteiger partial charge in [0.25, 0.3) is 0 Å². The van der Waals surface area contributed by atoms with Crippen molar-refractivity contribution in [3.8, 4) is 0 Å². The Morgan fingerprint density at radius 2 is 2.06 bits per heavy atom. The number of nitrogens with zero attached hydrogens (tertiary/aromatic N) is 3. The molecule has 0 unspecified atom stereocenters. The zero-order valence-corrected chi connectivity index (χ0v) is 11.6. The molecule has 6 nitrogen and oxygen atoms in total. The number of aromatic nitrogens is 3. The SMILES string of the molecule is CC(C)(C)NCc1ncn(CCS(C)(=O)=O)n1. The smallest absolute Gasteiger partial charge is 0.164 e. The van der Waals surface area contributed by atoms with Crippen LogP contribution in [0.15, 0.2) is 6.33 Å². The molecule has 0 atom stereocenters. The van der Waals surface area contributed by atoms with Gasteiger partial charge < -0.3 is 5.32 Å². The van der Waals surface area contributed by atoms with Crippen LogP contribution in [0.4, 0.5) is 0 Å².